The average molecular weight is 1780 g/mol. The number of unbranched alkanes of at least 4 members (excludes halogenated alkanes) is 3. The maximum Gasteiger partial charge on any atom is 0.351 e. The number of rotatable bonds is 35. The molecule has 10 unspecified atom stereocenters. The predicted octanol–water partition coefficient (Wildman–Crippen LogP) is 3.68. The molecule has 5 aliphatic rings. The summed E-state index contributed by atoms with van der Waals surface area (Å²) in [5.74, 6) is -2.02. The minimum Gasteiger partial charge on any atom is -0.383 e. The van der Waals surface area contributed by atoms with Gasteiger partial charge in [0, 0.05) is 66.4 Å². The Bertz CT molecular complexity index is 5220. The van der Waals surface area contributed by atoms with Gasteiger partial charge in [0.2, 0.25) is 5.95 Å². The highest BCUT2D eigenvalue weighted by molar-refractivity contribution is 8.08. The molecule has 5 saturated heterocycles. The molecule has 22 atom stereocenters. The van der Waals surface area contributed by atoms with E-state index >= 15 is 0 Å². The fourth-order valence-corrected chi connectivity index (χ4v) is 21.2. The normalized spacial score (nSPS) is 29.4. The first-order valence-electron chi connectivity index (χ1n) is 35.5. The first-order chi connectivity index (χ1) is 53.3. The number of imidazole rings is 2. The zero-order valence-corrected chi connectivity index (χ0v) is 70.1. The molecule has 15 N–H and O–H groups in total. The molecule has 113 heavy (non-hydrogen) atoms. The van der Waals surface area contributed by atoms with Crippen LogP contribution in [-0.2, 0) is 128 Å². The quantitative estimate of drug-likeness (QED) is 0.0199. The molecule has 0 amide bonds. The van der Waals surface area contributed by atoms with E-state index in [1.165, 1.54) is 62.8 Å². The summed E-state index contributed by atoms with van der Waals surface area (Å²) in [4.78, 5) is 159. The molecule has 7 aromatic heterocycles. The molecule has 0 radical (unpaired) electrons. The van der Waals surface area contributed by atoms with Gasteiger partial charge in [0.1, 0.15) is 91.2 Å². The van der Waals surface area contributed by atoms with Crippen LogP contribution in [0.5, 0.6) is 0 Å². The van der Waals surface area contributed by atoms with E-state index in [0.29, 0.717) is 30.4 Å². The number of ether oxygens (including phenoxy) is 5. The topological polar surface area (TPSA) is 575 Å². The van der Waals surface area contributed by atoms with Crippen LogP contribution in [0, 0.1) is 32.6 Å². The van der Waals surface area contributed by atoms with Gasteiger partial charge in [0.05, 0.1) is 70.1 Å². The Morgan fingerprint density at radius 2 is 0.912 bits per heavy atom. The molecule has 0 aliphatic carbocycles. The van der Waals surface area contributed by atoms with Crippen LogP contribution in [0.4, 0.5) is 23.4 Å². The number of nitrogens with two attached hydrogens (primary N) is 4. The number of aromatic amines is 2. The Morgan fingerprint density at radius 1 is 0.478 bits per heavy atom. The maximum absolute atomic E-state index is 13.6. The van der Waals surface area contributed by atoms with Gasteiger partial charge in [-0.25, -0.2) is 34.3 Å². The fourth-order valence-electron chi connectivity index (χ4n) is 13.6. The molecule has 5 aliphatic heterocycles. The number of aromatic nitrogens is 14. The minimum atomic E-state index is -4.63. The lowest BCUT2D eigenvalue weighted by molar-refractivity contribution is -0.0565. The third-order valence-corrected chi connectivity index (χ3v) is 27.3. The average Bonchev–Trinajstić information content (AvgIpc) is 1.64. The van der Waals surface area contributed by atoms with E-state index in [1.807, 2.05) is 13.8 Å². The maximum atomic E-state index is 13.6. The van der Waals surface area contributed by atoms with Crippen molar-refractivity contribution in [3.63, 3.8) is 0 Å². The molecule has 0 aromatic carbocycles. The summed E-state index contributed by atoms with van der Waals surface area (Å²) < 4.78 is 99.5. The summed E-state index contributed by atoms with van der Waals surface area (Å²) in [5, 5.41) is 0. The zero-order chi connectivity index (χ0) is 81.6. The van der Waals surface area contributed by atoms with Gasteiger partial charge in [-0.3, -0.25) is 42.4 Å². The van der Waals surface area contributed by atoms with Gasteiger partial charge in [0.15, 0.2) is 22.6 Å². The lowest BCUT2D eigenvalue weighted by Crippen LogP contribution is -2.34. The largest absolute Gasteiger partial charge is 0.383 e. The van der Waals surface area contributed by atoms with Crippen molar-refractivity contribution in [2.24, 2.45) is 11.8 Å². The van der Waals surface area contributed by atoms with Gasteiger partial charge in [-0.2, -0.15) is 15.0 Å². The number of aryl methyl sites for hydroxylation is 3. The molecular formula is C60H87N18O25P5S5. The van der Waals surface area contributed by atoms with Crippen LogP contribution in [0.1, 0.15) is 133 Å². The molecule has 12 heterocycles. The number of hydrogen-bond acceptors (Lipinski definition) is 36. The van der Waals surface area contributed by atoms with E-state index in [0.717, 1.165) is 23.8 Å². The first-order valence-corrected chi connectivity index (χ1v) is 48.5. The molecule has 5 fully saturated rings. The van der Waals surface area contributed by atoms with E-state index in [1.54, 1.807) is 27.7 Å². The highest BCUT2D eigenvalue weighted by Crippen LogP contribution is 2.57. The van der Waals surface area contributed by atoms with Crippen molar-refractivity contribution >= 4 is 138 Å². The second kappa shape index (κ2) is 35.9. The third-order valence-electron chi connectivity index (χ3n) is 19.4. The summed E-state index contributed by atoms with van der Waals surface area (Å²) in [6.07, 6.45) is -5.61. The lowest BCUT2D eigenvalue weighted by Gasteiger charge is -2.29. The summed E-state index contributed by atoms with van der Waals surface area (Å²) in [6.45, 7) is -12.5. The second-order valence-electron chi connectivity index (χ2n) is 27.6. The highest BCUT2D eigenvalue weighted by atomic mass is 32.5. The Morgan fingerprint density at radius 3 is 1.42 bits per heavy atom. The Hall–Kier alpha value is -5.01. The van der Waals surface area contributed by atoms with Crippen LogP contribution in [0.2, 0.25) is 0 Å². The van der Waals surface area contributed by atoms with Crippen molar-refractivity contribution in [1.29, 1.82) is 0 Å². The Kier molecular flexibility index (Phi) is 27.7. The van der Waals surface area contributed by atoms with Crippen molar-refractivity contribution in [2.75, 3.05) is 56.0 Å². The van der Waals surface area contributed by atoms with E-state index < -0.39 is 192 Å². The second-order valence-corrected chi connectivity index (χ2v) is 41.5. The van der Waals surface area contributed by atoms with Crippen LogP contribution < -0.4 is 51.1 Å². The number of nitrogens with zero attached hydrogens (tertiary/aromatic N) is 12. The molecule has 12 rings (SSSR count). The summed E-state index contributed by atoms with van der Waals surface area (Å²) in [6, 6.07) is 0. The molecule has 0 spiro atoms. The lowest BCUT2D eigenvalue weighted by atomic mass is 10.0. The molecule has 43 nitrogen and oxygen atoms in total. The predicted molar refractivity (Wildman–Crippen MR) is 421 cm³/mol. The number of hydrogen-bond donors (Lipinski definition) is 11. The van der Waals surface area contributed by atoms with Crippen molar-refractivity contribution in [3.05, 3.63) is 106 Å². The van der Waals surface area contributed by atoms with E-state index in [-0.39, 0.29) is 77.2 Å². The molecule has 53 heteroatoms. The number of anilines is 4. The van der Waals surface area contributed by atoms with Gasteiger partial charge in [-0.15, -0.1) is 0 Å². The van der Waals surface area contributed by atoms with Crippen LogP contribution in [0.15, 0.2) is 61.5 Å². The standard InChI is InChI=1S/C60H87N18O25P5S5/c1-8-10-12-14-89-104(84,109)102-46-31(6)55(75-18-28(3)48(61)69-58(75)81)98-40(46)24-93-108(88,113)103-47-32(7)56(76-19-29(4)49(62)70-59(76)82)97-39(47)23-92-107(87,112)101-36-17-43(78-27-68-45-52(78)71-57(64)72-54(45)80)96-38(36)22-91-106(86,111)100-35-16-42(77-26-67-44-50(63)65-25-66-51(44)77)95-37(35)21-90-105(85,110)99-34-15-41(94-33(34)13-11-9-2)74-20-30(5)53(79)73-60(74)83/h18-20,25-27,31-43,46-47,55-56H,8-17,21-24H2,1-7H3,(H,84,109)(H,85,110)(H,86,111)(H,87,112)(H,88,113)(H2,61,69,81)(H2,62,70,82)(H2,63,65,66)(H,73,79,83)(H3,64,71,72,80)/t31-,32-,33+,34?,35?,36?,37+,38+,39+,40+,41+,42+,43+,46?,47?,55+,56+,104?,105?,106?,107?,108?/m0/s1. The molecular weight excluding hydrogens is 1690 g/mol. The third kappa shape index (κ3) is 20.6. The van der Waals surface area contributed by atoms with E-state index in [2.05, 4.69) is 44.9 Å². The number of nitrogens with one attached hydrogen (secondary N) is 2. The van der Waals surface area contributed by atoms with Crippen molar-refractivity contribution in [3.8, 4) is 0 Å². The number of fused-ring (bicyclic) bond motifs is 2. The van der Waals surface area contributed by atoms with Crippen LogP contribution >= 0.6 is 33.6 Å². The highest BCUT2D eigenvalue weighted by Gasteiger charge is 2.52. The van der Waals surface area contributed by atoms with Crippen molar-refractivity contribution in [1.82, 2.24) is 67.7 Å². The monoisotopic (exact) mass is 1770 g/mol. The Labute approximate surface area is 668 Å². The smallest absolute Gasteiger partial charge is 0.351 e. The summed E-state index contributed by atoms with van der Waals surface area (Å²) in [5.41, 5.74) is 22.0. The molecule has 0 saturated carbocycles. The van der Waals surface area contributed by atoms with E-state index in [9.17, 15) is 48.4 Å². The van der Waals surface area contributed by atoms with Crippen LogP contribution in [0.25, 0.3) is 22.3 Å². The molecule has 7 aromatic rings. The Balaban J connectivity index is 0.769. The zero-order valence-electron chi connectivity index (χ0n) is 61.5. The van der Waals surface area contributed by atoms with Gasteiger partial charge >= 0.3 is 50.7 Å². The van der Waals surface area contributed by atoms with Gasteiger partial charge in [-0.1, -0.05) is 53.4 Å². The van der Waals surface area contributed by atoms with Gasteiger partial charge in [-0.05, 0) is 92.6 Å². The van der Waals surface area contributed by atoms with Crippen molar-refractivity contribution in [2.45, 2.75) is 198 Å². The van der Waals surface area contributed by atoms with Gasteiger partial charge < -0.3 is 116 Å². The minimum absolute atomic E-state index is 0.0131. The summed E-state index contributed by atoms with van der Waals surface area (Å²) >= 11 is 28.1. The van der Waals surface area contributed by atoms with Crippen LogP contribution in [0.3, 0.4) is 0 Å². The first kappa shape index (κ1) is 87.3. The number of nitrogen functional groups attached to an aromatic ring is 4. The summed E-state index contributed by atoms with van der Waals surface area (Å²) in [7, 11) is 0. The molecule has 0 bridgehead atoms. The SMILES string of the molecule is CCCCCOP(O)(=S)OC1[C@@H](COP(O)(=S)OC2[C@@H](COP(O)(=S)OC3C[C@H](n4cnc5c(=O)[nH]c(N)nc54)O[C@@H]3COP(O)(=S)OC3C[C@H](n4cnc5c(N)ncnc54)O[C@@H]3COP(O)(=S)OC3C[C@H](n4cc(C)c(=O)[nH]c4=O)O[C@@H]3CCCC)O[C@@H](n3cc(C)c(N)nc3=O)[C@H]2C)O[C@@H](n2cc(C)c(N)nc2=O)[C@H]1C. The molecule has 622 valence electrons. The number of H-pyrrole nitrogens is 2. The van der Waals surface area contributed by atoms with E-state index in [4.69, 9.17) is 151 Å². The van der Waals surface area contributed by atoms with Gasteiger partial charge in [0.25, 0.3) is 11.1 Å². The fraction of sp³-hybridized carbons (Fsp3) is 0.633. The van der Waals surface area contributed by atoms with Crippen LogP contribution in [-0.4, -0.2) is 186 Å². The van der Waals surface area contributed by atoms with Crippen molar-refractivity contribution < 1.29 is 93.4 Å².